The number of nitrogens with one attached hydrogen (secondary N) is 1. The number of likely N-dealkylation sites (tertiary alicyclic amines) is 1. The minimum atomic E-state index is -0.00630. The maximum Gasteiger partial charge on any atom is 0.321 e. The summed E-state index contributed by atoms with van der Waals surface area (Å²) in [6, 6.07) is 15.7. The summed E-state index contributed by atoms with van der Waals surface area (Å²) in [4.78, 5) is 14.4. The first-order valence-corrected chi connectivity index (χ1v) is 9.60. The topological polar surface area (TPSA) is 50.8 Å². The highest BCUT2D eigenvalue weighted by atomic mass is 16.5. The number of benzene rings is 2. The smallest absolute Gasteiger partial charge is 0.321 e. The van der Waals surface area contributed by atoms with Gasteiger partial charge in [0.05, 0.1) is 20.3 Å². The van der Waals surface area contributed by atoms with Crippen molar-refractivity contribution in [3.8, 4) is 5.75 Å². The summed E-state index contributed by atoms with van der Waals surface area (Å²) in [5, 5.41) is 3.02. The molecule has 0 aromatic heterocycles. The number of amides is 2. The highest BCUT2D eigenvalue weighted by Gasteiger charge is 2.15. The minimum Gasteiger partial charge on any atom is -0.497 e. The fourth-order valence-electron chi connectivity index (χ4n) is 3.22. The Morgan fingerprint density at radius 2 is 1.67 bits per heavy atom. The molecule has 1 heterocycles. The molecular weight excluding hydrogens is 340 g/mol. The average Bonchev–Trinajstić information content (AvgIpc) is 2.98. The van der Waals surface area contributed by atoms with Gasteiger partial charge in [0, 0.05) is 18.8 Å². The van der Waals surface area contributed by atoms with Gasteiger partial charge in [-0.15, -0.1) is 0 Å². The molecule has 2 aromatic carbocycles. The van der Waals surface area contributed by atoms with Crippen LogP contribution in [0.1, 0.15) is 36.8 Å². The van der Waals surface area contributed by atoms with Gasteiger partial charge in [-0.05, 0) is 48.2 Å². The van der Waals surface area contributed by atoms with Crippen LogP contribution in [0.2, 0.25) is 0 Å². The van der Waals surface area contributed by atoms with Gasteiger partial charge in [0.15, 0.2) is 0 Å². The molecule has 1 N–H and O–H groups in total. The Kier molecular flexibility index (Phi) is 7.11. The zero-order valence-electron chi connectivity index (χ0n) is 15.9. The van der Waals surface area contributed by atoms with Crippen LogP contribution in [0.4, 0.5) is 10.5 Å². The molecule has 1 fully saturated rings. The van der Waals surface area contributed by atoms with Crippen molar-refractivity contribution in [2.75, 3.05) is 25.5 Å². The molecular formula is C22H28N2O3. The van der Waals surface area contributed by atoms with Crippen LogP contribution in [0, 0.1) is 0 Å². The Labute approximate surface area is 161 Å². The predicted octanol–water partition coefficient (Wildman–Crippen LogP) is 4.82. The molecule has 1 aliphatic rings. The third-order valence-corrected chi connectivity index (χ3v) is 4.77. The lowest BCUT2D eigenvalue weighted by Gasteiger charge is -2.21. The highest BCUT2D eigenvalue weighted by Crippen LogP contribution is 2.16. The molecule has 0 atom stereocenters. The van der Waals surface area contributed by atoms with E-state index in [0.717, 1.165) is 48.5 Å². The van der Waals surface area contributed by atoms with E-state index < -0.39 is 0 Å². The van der Waals surface area contributed by atoms with Gasteiger partial charge < -0.3 is 19.7 Å². The number of rotatable bonds is 6. The number of nitrogens with zero attached hydrogens (tertiary/aromatic N) is 1. The van der Waals surface area contributed by atoms with Gasteiger partial charge in [-0.25, -0.2) is 4.79 Å². The summed E-state index contributed by atoms with van der Waals surface area (Å²) in [5.41, 5.74) is 2.95. The van der Waals surface area contributed by atoms with Gasteiger partial charge in [0.2, 0.25) is 0 Å². The first kappa shape index (κ1) is 19.2. The van der Waals surface area contributed by atoms with E-state index in [2.05, 4.69) is 5.32 Å². The van der Waals surface area contributed by atoms with Gasteiger partial charge in [0.25, 0.3) is 0 Å². The molecule has 0 aliphatic carbocycles. The van der Waals surface area contributed by atoms with Crippen LogP contribution in [0.15, 0.2) is 48.5 Å². The van der Waals surface area contributed by atoms with Crippen LogP contribution in [-0.2, 0) is 18.0 Å². The molecule has 0 saturated carbocycles. The minimum absolute atomic E-state index is 0.00630. The summed E-state index contributed by atoms with van der Waals surface area (Å²) in [6.07, 6.45) is 4.61. The summed E-state index contributed by atoms with van der Waals surface area (Å²) in [5.74, 6) is 0.839. The van der Waals surface area contributed by atoms with E-state index in [0.29, 0.717) is 13.2 Å². The van der Waals surface area contributed by atoms with E-state index in [4.69, 9.17) is 9.47 Å². The van der Waals surface area contributed by atoms with Crippen molar-refractivity contribution in [1.29, 1.82) is 0 Å². The van der Waals surface area contributed by atoms with Gasteiger partial charge in [-0.1, -0.05) is 37.1 Å². The van der Waals surface area contributed by atoms with Gasteiger partial charge >= 0.3 is 6.03 Å². The van der Waals surface area contributed by atoms with Gasteiger partial charge in [-0.3, -0.25) is 0 Å². The average molecular weight is 368 g/mol. The third-order valence-electron chi connectivity index (χ3n) is 4.77. The van der Waals surface area contributed by atoms with Crippen molar-refractivity contribution in [1.82, 2.24) is 4.90 Å². The lowest BCUT2D eigenvalue weighted by molar-refractivity contribution is 0.107. The first-order chi connectivity index (χ1) is 13.2. The Bertz CT molecular complexity index is 723. The van der Waals surface area contributed by atoms with Crippen LogP contribution in [0.5, 0.6) is 5.75 Å². The first-order valence-electron chi connectivity index (χ1n) is 9.60. The number of hydrogen-bond donors (Lipinski definition) is 1. The molecule has 3 rings (SSSR count). The van der Waals surface area contributed by atoms with E-state index in [1.165, 1.54) is 12.8 Å². The van der Waals surface area contributed by atoms with Crippen LogP contribution < -0.4 is 10.1 Å². The molecule has 0 bridgehead atoms. The monoisotopic (exact) mass is 368 g/mol. The summed E-state index contributed by atoms with van der Waals surface area (Å²) < 4.78 is 11.0. The number of hydrogen-bond acceptors (Lipinski definition) is 3. The quantitative estimate of drug-likeness (QED) is 0.795. The van der Waals surface area contributed by atoms with Crippen LogP contribution in [0.3, 0.4) is 0 Å². The maximum atomic E-state index is 12.5. The molecule has 1 aliphatic heterocycles. The van der Waals surface area contributed by atoms with Crippen molar-refractivity contribution >= 4 is 11.7 Å². The fraction of sp³-hybridized carbons (Fsp3) is 0.409. The SMILES string of the molecule is COc1ccc(COCc2cccc(NC(=O)N3CCCCCC3)c2)cc1. The molecule has 144 valence electrons. The summed E-state index contributed by atoms with van der Waals surface area (Å²) >= 11 is 0. The second-order valence-corrected chi connectivity index (χ2v) is 6.87. The zero-order valence-corrected chi connectivity index (χ0v) is 15.9. The summed E-state index contributed by atoms with van der Waals surface area (Å²) in [7, 11) is 1.66. The van der Waals surface area contributed by atoms with Crippen LogP contribution >= 0.6 is 0 Å². The second kappa shape index (κ2) is 9.97. The third kappa shape index (κ3) is 6.00. The number of carbonyl (C=O) groups is 1. The lowest BCUT2D eigenvalue weighted by atomic mass is 10.2. The molecule has 5 heteroatoms. The molecule has 5 nitrogen and oxygen atoms in total. The molecule has 2 amide bonds. The van der Waals surface area contributed by atoms with E-state index >= 15 is 0 Å². The Balaban J connectivity index is 1.49. The number of anilines is 1. The molecule has 27 heavy (non-hydrogen) atoms. The van der Waals surface area contributed by atoms with Crippen molar-refractivity contribution in [3.63, 3.8) is 0 Å². The molecule has 0 unspecified atom stereocenters. The van der Waals surface area contributed by atoms with Gasteiger partial charge in [0.1, 0.15) is 5.75 Å². The maximum absolute atomic E-state index is 12.5. The summed E-state index contributed by atoms with van der Waals surface area (Å²) in [6.45, 7) is 2.72. The fourth-order valence-corrected chi connectivity index (χ4v) is 3.22. The van der Waals surface area contributed by atoms with Crippen LogP contribution in [0.25, 0.3) is 0 Å². The Morgan fingerprint density at radius 3 is 2.37 bits per heavy atom. The number of carbonyl (C=O) groups excluding carboxylic acids is 1. The second-order valence-electron chi connectivity index (χ2n) is 6.87. The molecule has 0 radical (unpaired) electrons. The van der Waals surface area contributed by atoms with Crippen molar-refractivity contribution in [3.05, 3.63) is 59.7 Å². The van der Waals surface area contributed by atoms with E-state index in [-0.39, 0.29) is 6.03 Å². The van der Waals surface area contributed by atoms with Crippen molar-refractivity contribution in [2.45, 2.75) is 38.9 Å². The highest BCUT2D eigenvalue weighted by molar-refractivity contribution is 5.89. The van der Waals surface area contributed by atoms with Gasteiger partial charge in [-0.2, -0.15) is 0 Å². The Hall–Kier alpha value is -2.53. The van der Waals surface area contributed by atoms with E-state index in [1.54, 1.807) is 7.11 Å². The van der Waals surface area contributed by atoms with Crippen molar-refractivity contribution in [2.24, 2.45) is 0 Å². The molecule has 2 aromatic rings. The van der Waals surface area contributed by atoms with E-state index in [1.807, 2.05) is 53.4 Å². The molecule has 1 saturated heterocycles. The zero-order chi connectivity index (χ0) is 18.9. The number of ether oxygens (including phenoxy) is 2. The Morgan fingerprint density at radius 1 is 0.963 bits per heavy atom. The van der Waals surface area contributed by atoms with E-state index in [9.17, 15) is 4.79 Å². The number of methoxy groups -OCH3 is 1. The normalized spacial score (nSPS) is 14.5. The number of urea groups is 1. The van der Waals surface area contributed by atoms with Crippen molar-refractivity contribution < 1.29 is 14.3 Å². The largest absolute Gasteiger partial charge is 0.497 e. The standard InChI is InChI=1S/C22H28N2O3/c1-26-21-11-9-18(10-12-21)16-27-17-19-7-6-8-20(15-19)23-22(25)24-13-4-2-3-5-14-24/h6-12,15H,2-5,13-14,16-17H2,1H3,(H,23,25). The predicted molar refractivity (Wildman–Crippen MR) is 107 cm³/mol. The molecule has 0 spiro atoms. The lowest BCUT2D eigenvalue weighted by Crippen LogP contribution is -2.35. The van der Waals surface area contributed by atoms with Crippen LogP contribution in [-0.4, -0.2) is 31.1 Å².